The number of nitrogens with zero attached hydrogens (tertiary/aromatic N) is 3. The van der Waals surface area contributed by atoms with Gasteiger partial charge in [-0.25, -0.2) is 0 Å². The molecule has 1 heterocycles. The molecule has 2 rings (SSSR count). The van der Waals surface area contributed by atoms with Gasteiger partial charge in [-0.1, -0.05) is 11.6 Å². The topological polar surface area (TPSA) is 68.9 Å². The van der Waals surface area contributed by atoms with Crippen molar-refractivity contribution in [3.8, 4) is 11.3 Å². The number of hydrogen-bond acceptors (Lipinski definition) is 4. The van der Waals surface area contributed by atoms with Gasteiger partial charge in [-0.2, -0.15) is 0 Å². The van der Waals surface area contributed by atoms with E-state index in [-0.39, 0.29) is 5.69 Å². The van der Waals surface area contributed by atoms with Gasteiger partial charge in [0.15, 0.2) is 5.15 Å². The molecule has 6 heteroatoms. The lowest BCUT2D eigenvalue weighted by Crippen LogP contribution is -1.89. The summed E-state index contributed by atoms with van der Waals surface area (Å²) in [7, 11) is 0. The van der Waals surface area contributed by atoms with Gasteiger partial charge in [0.2, 0.25) is 0 Å². The number of aromatic nitrogens is 2. The average molecular weight is 236 g/mol. The van der Waals surface area contributed by atoms with Crippen molar-refractivity contribution >= 4 is 17.3 Å². The van der Waals surface area contributed by atoms with E-state index in [1.54, 1.807) is 24.3 Å². The third kappa shape index (κ3) is 2.14. The zero-order valence-corrected chi connectivity index (χ0v) is 8.76. The first-order chi connectivity index (χ1) is 7.66. The summed E-state index contributed by atoms with van der Waals surface area (Å²) < 4.78 is 0. The molecule has 0 radical (unpaired) electrons. The Morgan fingerprint density at radius 1 is 1.06 bits per heavy atom. The van der Waals surface area contributed by atoms with E-state index in [1.165, 1.54) is 12.1 Å². The number of rotatable bonds is 2. The maximum Gasteiger partial charge on any atom is 0.269 e. The second-order valence-corrected chi connectivity index (χ2v) is 3.43. The molecular weight excluding hydrogens is 230 g/mol. The van der Waals surface area contributed by atoms with Crippen molar-refractivity contribution in [3.63, 3.8) is 0 Å². The molecule has 0 atom stereocenters. The number of halogens is 1. The Hall–Kier alpha value is -2.01. The van der Waals surface area contributed by atoms with Crippen molar-refractivity contribution in [2.75, 3.05) is 0 Å². The molecule has 1 aromatic heterocycles. The highest BCUT2D eigenvalue weighted by Crippen LogP contribution is 2.20. The largest absolute Gasteiger partial charge is 0.269 e. The van der Waals surface area contributed by atoms with Crippen LogP contribution in [0.3, 0.4) is 0 Å². The van der Waals surface area contributed by atoms with Crippen molar-refractivity contribution in [2.24, 2.45) is 0 Å². The number of hydrogen-bond donors (Lipinski definition) is 0. The summed E-state index contributed by atoms with van der Waals surface area (Å²) in [6.07, 6.45) is 0. The molecule has 0 saturated heterocycles. The van der Waals surface area contributed by atoms with Crippen molar-refractivity contribution < 1.29 is 4.92 Å². The van der Waals surface area contributed by atoms with Crippen molar-refractivity contribution in [2.45, 2.75) is 0 Å². The fraction of sp³-hybridized carbons (Fsp3) is 0. The van der Waals surface area contributed by atoms with E-state index in [4.69, 9.17) is 11.6 Å². The smallest absolute Gasteiger partial charge is 0.258 e. The average Bonchev–Trinajstić information content (AvgIpc) is 2.30. The van der Waals surface area contributed by atoms with E-state index in [1.807, 2.05) is 0 Å². The van der Waals surface area contributed by atoms with E-state index in [2.05, 4.69) is 10.2 Å². The van der Waals surface area contributed by atoms with Crippen LogP contribution in [0.1, 0.15) is 0 Å². The highest BCUT2D eigenvalue weighted by Gasteiger charge is 2.05. The molecule has 0 aliphatic carbocycles. The summed E-state index contributed by atoms with van der Waals surface area (Å²) in [5.41, 5.74) is 1.43. The summed E-state index contributed by atoms with van der Waals surface area (Å²) in [6.45, 7) is 0. The fourth-order valence-corrected chi connectivity index (χ4v) is 1.32. The Morgan fingerprint density at radius 3 is 2.25 bits per heavy atom. The van der Waals surface area contributed by atoms with E-state index in [0.29, 0.717) is 10.8 Å². The summed E-state index contributed by atoms with van der Waals surface area (Å²) in [5.74, 6) is 0. The van der Waals surface area contributed by atoms with E-state index < -0.39 is 4.92 Å². The number of nitro groups is 1. The van der Waals surface area contributed by atoms with Gasteiger partial charge in [0.1, 0.15) is 0 Å². The van der Waals surface area contributed by atoms with Crippen molar-refractivity contribution in [1.29, 1.82) is 0 Å². The lowest BCUT2D eigenvalue weighted by Gasteiger charge is -1.98. The van der Waals surface area contributed by atoms with Crippen LogP contribution in [-0.4, -0.2) is 15.1 Å². The van der Waals surface area contributed by atoms with Crippen LogP contribution in [0.2, 0.25) is 5.15 Å². The lowest BCUT2D eigenvalue weighted by atomic mass is 10.1. The van der Waals surface area contributed by atoms with Crippen LogP contribution in [0.5, 0.6) is 0 Å². The molecule has 0 saturated carbocycles. The maximum absolute atomic E-state index is 10.5. The summed E-state index contributed by atoms with van der Waals surface area (Å²) in [5, 5.41) is 18.3. The van der Waals surface area contributed by atoms with Crippen molar-refractivity contribution in [3.05, 3.63) is 51.7 Å². The van der Waals surface area contributed by atoms with Crippen LogP contribution in [0.4, 0.5) is 5.69 Å². The molecule has 0 amide bonds. The molecule has 0 fully saturated rings. The summed E-state index contributed by atoms with van der Waals surface area (Å²) >= 11 is 5.60. The molecule has 1 aromatic carbocycles. The van der Waals surface area contributed by atoms with Gasteiger partial charge in [0, 0.05) is 17.7 Å². The van der Waals surface area contributed by atoms with Gasteiger partial charge in [0.25, 0.3) is 5.69 Å². The molecule has 80 valence electrons. The minimum absolute atomic E-state index is 0.0469. The fourth-order valence-electron chi connectivity index (χ4n) is 1.22. The monoisotopic (exact) mass is 235 g/mol. The van der Waals surface area contributed by atoms with Gasteiger partial charge in [0.05, 0.1) is 10.6 Å². The van der Waals surface area contributed by atoms with Crippen LogP contribution in [-0.2, 0) is 0 Å². The van der Waals surface area contributed by atoms with Gasteiger partial charge >= 0.3 is 0 Å². The Morgan fingerprint density at radius 2 is 1.75 bits per heavy atom. The zero-order valence-electron chi connectivity index (χ0n) is 8.00. The third-order valence-electron chi connectivity index (χ3n) is 2.01. The molecule has 0 unspecified atom stereocenters. The van der Waals surface area contributed by atoms with E-state index >= 15 is 0 Å². The Labute approximate surface area is 95.9 Å². The maximum atomic E-state index is 10.5. The van der Waals surface area contributed by atoms with Crippen LogP contribution in [0.25, 0.3) is 11.3 Å². The summed E-state index contributed by atoms with van der Waals surface area (Å²) in [4.78, 5) is 10.0. The summed E-state index contributed by atoms with van der Waals surface area (Å²) in [6, 6.07) is 9.41. The SMILES string of the molecule is O=[N+]([O-])c1ccc(-c2ccc(Cl)nn2)cc1. The Kier molecular flexibility index (Phi) is 2.78. The number of nitro benzene ring substituents is 1. The van der Waals surface area contributed by atoms with Crippen LogP contribution in [0.15, 0.2) is 36.4 Å². The molecule has 0 aliphatic heterocycles. The lowest BCUT2D eigenvalue weighted by molar-refractivity contribution is -0.384. The standard InChI is InChI=1S/C10H6ClN3O2/c11-10-6-5-9(12-13-10)7-1-3-8(4-2-7)14(15)16/h1-6H. The first-order valence-corrected chi connectivity index (χ1v) is 4.78. The van der Waals surface area contributed by atoms with Crippen LogP contribution < -0.4 is 0 Å². The van der Waals surface area contributed by atoms with Crippen LogP contribution in [0, 0.1) is 10.1 Å². The molecule has 16 heavy (non-hydrogen) atoms. The number of benzene rings is 1. The second-order valence-electron chi connectivity index (χ2n) is 3.05. The second kappa shape index (κ2) is 4.24. The predicted molar refractivity (Wildman–Crippen MR) is 59.1 cm³/mol. The highest BCUT2D eigenvalue weighted by molar-refractivity contribution is 6.29. The van der Waals surface area contributed by atoms with Gasteiger partial charge in [-0.15, -0.1) is 10.2 Å². The zero-order chi connectivity index (χ0) is 11.5. The first kappa shape index (κ1) is 10.5. The Bertz CT molecular complexity index is 511. The molecule has 0 bridgehead atoms. The quantitative estimate of drug-likeness (QED) is 0.593. The molecule has 0 spiro atoms. The minimum atomic E-state index is -0.447. The molecule has 0 aliphatic rings. The Balaban J connectivity index is 2.34. The van der Waals surface area contributed by atoms with Crippen LogP contribution >= 0.6 is 11.6 Å². The molecule has 2 aromatic rings. The molecule has 0 N–H and O–H groups in total. The first-order valence-electron chi connectivity index (χ1n) is 4.41. The third-order valence-corrected chi connectivity index (χ3v) is 2.21. The minimum Gasteiger partial charge on any atom is -0.258 e. The molecule has 5 nitrogen and oxygen atoms in total. The highest BCUT2D eigenvalue weighted by atomic mass is 35.5. The van der Waals surface area contributed by atoms with Gasteiger partial charge in [-0.05, 0) is 24.3 Å². The molecular formula is C10H6ClN3O2. The van der Waals surface area contributed by atoms with E-state index in [0.717, 1.165) is 5.56 Å². The van der Waals surface area contributed by atoms with Gasteiger partial charge in [-0.3, -0.25) is 10.1 Å². The number of non-ortho nitro benzene ring substituents is 1. The van der Waals surface area contributed by atoms with Crippen molar-refractivity contribution in [1.82, 2.24) is 10.2 Å². The predicted octanol–water partition coefficient (Wildman–Crippen LogP) is 2.71. The van der Waals surface area contributed by atoms with E-state index in [9.17, 15) is 10.1 Å². The normalized spacial score (nSPS) is 10.1. The van der Waals surface area contributed by atoms with Gasteiger partial charge < -0.3 is 0 Å².